The molecule has 1 heterocycles. The molecule has 0 radical (unpaired) electrons. The van der Waals surface area contributed by atoms with Crippen LogP contribution >= 0.6 is 0 Å². The molecule has 1 saturated heterocycles. The van der Waals surface area contributed by atoms with Crippen LogP contribution < -0.4 is 28.4 Å². The van der Waals surface area contributed by atoms with E-state index in [2.05, 4.69) is 27.9 Å². The Morgan fingerprint density at radius 1 is 0.632 bits per heavy atom. The first-order valence-corrected chi connectivity index (χ1v) is 7.20. The summed E-state index contributed by atoms with van der Waals surface area (Å²) in [5.41, 5.74) is 0. The molecule has 0 aromatic carbocycles. The molecule has 19 heavy (non-hydrogen) atoms. The molecule has 1 aliphatic rings. The molecule has 0 aliphatic carbocycles. The molecule has 0 bridgehead atoms. The van der Waals surface area contributed by atoms with Crippen molar-refractivity contribution >= 4 is 0 Å². The van der Waals surface area contributed by atoms with Gasteiger partial charge in [0.2, 0.25) is 0 Å². The summed E-state index contributed by atoms with van der Waals surface area (Å²) in [5, 5.41) is 10.5. The van der Waals surface area contributed by atoms with Crippen molar-refractivity contribution in [3.8, 4) is 0 Å². The Labute approximate surface area is 140 Å². The Morgan fingerprint density at radius 2 is 0.947 bits per heavy atom. The van der Waals surface area contributed by atoms with Crippen LogP contribution in [0.1, 0.15) is 25.7 Å². The molecule has 0 aromatic rings. The van der Waals surface area contributed by atoms with Gasteiger partial charge in [-0.25, -0.2) is 0 Å². The molecule has 4 nitrogen and oxygen atoms in total. The van der Waals surface area contributed by atoms with Crippen LogP contribution in [0, 0.1) is 0 Å². The third kappa shape index (κ3) is 15.1. The Balaban J connectivity index is 0. The molecule has 112 valence electrons. The third-order valence-corrected chi connectivity index (χ3v) is 3.20. The maximum Gasteiger partial charge on any atom is 2.00 e. The summed E-state index contributed by atoms with van der Waals surface area (Å²) >= 11 is 0. The summed E-state index contributed by atoms with van der Waals surface area (Å²) in [6, 6.07) is 0. The molecule has 0 atom stereocenters. The standard InChI is InChI=1S/C13H30N4.ClH.Ti/c1-17-12-4-10-15-8-2-6-14-7-3-9-16-11-5-13-17;;/h14-16H,2-13H2,1H3;1H;/q;;+2/p-1. The van der Waals surface area contributed by atoms with Crippen LogP contribution in [0.4, 0.5) is 0 Å². The van der Waals surface area contributed by atoms with Gasteiger partial charge in [-0.3, -0.25) is 0 Å². The Hall–Kier alpha value is 0.844. The summed E-state index contributed by atoms with van der Waals surface area (Å²) in [7, 11) is 2.23. The topological polar surface area (TPSA) is 39.3 Å². The summed E-state index contributed by atoms with van der Waals surface area (Å²) in [5.74, 6) is 0. The number of halogens is 1. The van der Waals surface area contributed by atoms with E-state index in [-0.39, 0.29) is 34.1 Å². The molecular weight excluding hydrogens is 295 g/mol. The minimum Gasteiger partial charge on any atom is -1.00 e. The van der Waals surface area contributed by atoms with Gasteiger partial charge in [-0.15, -0.1) is 0 Å². The van der Waals surface area contributed by atoms with E-state index in [1.165, 1.54) is 38.8 Å². The van der Waals surface area contributed by atoms with Crippen molar-refractivity contribution in [1.82, 2.24) is 20.9 Å². The van der Waals surface area contributed by atoms with E-state index in [0.717, 1.165) is 39.3 Å². The Morgan fingerprint density at radius 3 is 1.32 bits per heavy atom. The molecular formula is C13H30ClN4Ti+. The van der Waals surface area contributed by atoms with Gasteiger partial charge in [0.15, 0.2) is 0 Å². The van der Waals surface area contributed by atoms with E-state index in [1.807, 2.05) is 0 Å². The second-order valence-corrected chi connectivity index (χ2v) is 4.97. The van der Waals surface area contributed by atoms with Crippen LogP contribution in [0.5, 0.6) is 0 Å². The molecule has 1 aliphatic heterocycles. The predicted octanol–water partition coefficient (Wildman–Crippen LogP) is -2.74. The van der Waals surface area contributed by atoms with Gasteiger partial charge in [0, 0.05) is 0 Å². The van der Waals surface area contributed by atoms with E-state index < -0.39 is 0 Å². The van der Waals surface area contributed by atoms with Crippen molar-refractivity contribution in [3.63, 3.8) is 0 Å². The van der Waals surface area contributed by atoms with Gasteiger partial charge in [0.05, 0.1) is 0 Å². The van der Waals surface area contributed by atoms with Crippen LogP contribution in [-0.2, 0) is 21.7 Å². The fourth-order valence-corrected chi connectivity index (χ4v) is 2.11. The Kier molecular flexibility index (Phi) is 19.7. The van der Waals surface area contributed by atoms with Gasteiger partial charge in [-0.2, -0.15) is 0 Å². The number of hydrogen-bond acceptors (Lipinski definition) is 4. The van der Waals surface area contributed by atoms with Crippen molar-refractivity contribution in [3.05, 3.63) is 0 Å². The first kappa shape index (κ1) is 22.1. The summed E-state index contributed by atoms with van der Waals surface area (Å²) < 4.78 is 0. The fraction of sp³-hybridized carbons (Fsp3) is 1.00. The van der Waals surface area contributed by atoms with Gasteiger partial charge < -0.3 is 33.3 Å². The van der Waals surface area contributed by atoms with Crippen molar-refractivity contribution in [2.75, 3.05) is 59.4 Å². The smallest absolute Gasteiger partial charge is 1.00 e. The van der Waals surface area contributed by atoms with Gasteiger partial charge in [-0.1, -0.05) is 0 Å². The molecule has 1 rings (SSSR count). The summed E-state index contributed by atoms with van der Waals surface area (Å²) in [4.78, 5) is 2.44. The monoisotopic (exact) mass is 325 g/mol. The minimum absolute atomic E-state index is 0. The quantitative estimate of drug-likeness (QED) is 0.423. The predicted molar refractivity (Wildman–Crippen MR) is 74.6 cm³/mol. The van der Waals surface area contributed by atoms with Gasteiger partial charge in [0.25, 0.3) is 0 Å². The molecule has 0 saturated carbocycles. The molecule has 6 heteroatoms. The second-order valence-electron chi connectivity index (χ2n) is 4.97. The number of nitrogens with zero attached hydrogens (tertiary/aromatic N) is 1. The molecule has 0 aromatic heterocycles. The van der Waals surface area contributed by atoms with Gasteiger partial charge in [-0.05, 0) is 85.1 Å². The number of nitrogens with one attached hydrogen (secondary N) is 3. The number of hydrogen-bond donors (Lipinski definition) is 3. The largest absolute Gasteiger partial charge is 2.00 e. The van der Waals surface area contributed by atoms with Crippen LogP contribution in [0.3, 0.4) is 0 Å². The second kappa shape index (κ2) is 16.9. The van der Waals surface area contributed by atoms with Crippen LogP contribution in [0.2, 0.25) is 0 Å². The van der Waals surface area contributed by atoms with Crippen LogP contribution in [0.25, 0.3) is 0 Å². The first-order valence-electron chi connectivity index (χ1n) is 7.20. The zero-order valence-corrected chi connectivity index (χ0v) is 14.6. The van der Waals surface area contributed by atoms with Crippen molar-refractivity contribution in [1.29, 1.82) is 0 Å². The molecule has 3 N–H and O–H groups in total. The maximum atomic E-state index is 3.51. The van der Waals surface area contributed by atoms with Gasteiger partial charge in [0.1, 0.15) is 0 Å². The first-order chi connectivity index (χ1) is 8.39. The average molecular weight is 326 g/mol. The van der Waals surface area contributed by atoms with E-state index in [9.17, 15) is 0 Å². The SMILES string of the molecule is CN1CCCNCCCNCCCNCCC1.[Cl-].[Ti+2]. The number of rotatable bonds is 0. The van der Waals surface area contributed by atoms with Crippen LogP contribution in [-0.4, -0.2) is 64.3 Å². The fourth-order valence-electron chi connectivity index (χ4n) is 2.11. The summed E-state index contributed by atoms with van der Waals surface area (Å²) in [6.07, 6.45) is 5.00. The summed E-state index contributed by atoms with van der Waals surface area (Å²) in [6.45, 7) is 9.32. The molecule has 0 spiro atoms. The third-order valence-electron chi connectivity index (χ3n) is 3.20. The zero-order valence-electron chi connectivity index (χ0n) is 12.3. The van der Waals surface area contributed by atoms with E-state index in [4.69, 9.17) is 0 Å². The van der Waals surface area contributed by atoms with Gasteiger partial charge >= 0.3 is 21.7 Å². The van der Waals surface area contributed by atoms with Crippen LogP contribution in [0.15, 0.2) is 0 Å². The average Bonchev–Trinajstić information content (AvgIpc) is 2.32. The molecule has 0 amide bonds. The normalized spacial score (nSPS) is 21.9. The van der Waals surface area contributed by atoms with E-state index >= 15 is 0 Å². The zero-order chi connectivity index (χ0) is 12.2. The van der Waals surface area contributed by atoms with E-state index in [1.54, 1.807) is 0 Å². The van der Waals surface area contributed by atoms with Crippen molar-refractivity contribution < 1.29 is 34.1 Å². The maximum absolute atomic E-state index is 3.51. The van der Waals surface area contributed by atoms with E-state index in [0.29, 0.717) is 0 Å². The Bertz CT molecular complexity index is 159. The van der Waals surface area contributed by atoms with Crippen molar-refractivity contribution in [2.45, 2.75) is 25.7 Å². The van der Waals surface area contributed by atoms with Crippen molar-refractivity contribution in [2.24, 2.45) is 0 Å². The molecule has 0 unspecified atom stereocenters. The minimum atomic E-state index is 0. The molecule has 1 fully saturated rings.